The van der Waals surface area contributed by atoms with E-state index < -0.39 is 0 Å². The molecule has 5 aromatic rings. The minimum atomic E-state index is 0. The van der Waals surface area contributed by atoms with Crippen LogP contribution in [-0.4, -0.2) is 0 Å². The third kappa shape index (κ3) is 38.1. The number of nitrogens with one attached hydrogen (secondary N) is 5. The molecule has 35 heavy (non-hydrogen) atoms. The second kappa shape index (κ2) is 40.6. The van der Waals surface area contributed by atoms with Gasteiger partial charge < -0.3 is 120 Å². The minimum absolute atomic E-state index is 0. The molecule has 0 fully saturated rings. The van der Waals surface area contributed by atoms with Gasteiger partial charge in [-0.2, -0.15) is 0 Å². The summed E-state index contributed by atoms with van der Waals surface area (Å²) < 4.78 is 0. The first-order valence-electron chi connectivity index (χ1n) is 9.55. The summed E-state index contributed by atoms with van der Waals surface area (Å²) in [7, 11) is 0. The fourth-order valence-corrected chi connectivity index (χ4v) is 1.71. The molecule has 0 amide bonds. The van der Waals surface area contributed by atoms with Gasteiger partial charge >= 0.3 is 0 Å². The Bertz CT molecular complexity index is 583. The van der Waals surface area contributed by atoms with Gasteiger partial charge in [0.1, 0.15) is 0 Å². The molecule has 0 atom stereocenters. The van der Waals surface area contributed by atoms with E-state index in [0.717, 1.165) is 0 Å². The molecular weight excluding hydrogens is 1000 g/mol. The normalized spacial score (nSPS) is 6.86. The van der Waals surface area contributed by atoms with Crippen LogP contribution >= 0.6 is 0 Å². The molecule has 0 spiro atoms. The SMILES string of the molecule is [I-].[I-].[I-].[I-].[I-].c1cc[nH+]cc1.c1cc[nH+]cc1.c1cc[nH+]cc1.c1cc[nH+]cc1.c1cc[nH+]cc1. The summed E-state index contributed by atoms with van der Waals surface area (Å²) in [5.41, 5.74) is 0. The van der Waals surface area contributed by atoms with Gasteiger partial charge in [-0.25, -0.2) is 24.9 Å². The van der Waals surface area contributed by atoms with E-state index in [1.54, 1.807) is 0 Å². The highest BCUT2D eigenvalue weighted by molar-refractivity contribution is 4.84. The van der Waals surface area contributed by atoms with Gasteiger partial charge in [-0.3, -0.25) is 0 Å². The van der Waals surface area contributed by atoms with Gasteiger partial charge in [0.25, 0.3) is 0 Å². The topological polar surface area (TPSA) is 70.7 Å². The van der Waals surface area contributed by atoms with Crippen LogP contribution in [0.5, 0.6) is 0 Å². The number of hydrogen-bond donors (Lipinski definition) is 0. The van der Waals surface area contributed by atoms with E-state index in [2.05, 4.69) is 24.9 Å². The average molecular weight is 1040 g/mol. The average Bonchev–Trinajstić information content (AvgIpc) is 2.91. The van der Waals surface area contributed by atoms with Crippen LogP contribution in [0.15, 0.2) is 153 Å². The summed E-state index contributed by atoms with van der Waals surface area (Å²) in [5, 5.41) is 0. The van der Waals surface area contributed by atoms with Gasteiger partial charge in [0.2, 0.25) is 0 Å². The Morgan fingerprint density at radius 3 is 0.314 bits per heavy atom. The summed E-state index contributed by atoms with van der Waals surface area (Å²) in [5.74, 6) is 0. The molecule has 0 aliphatic rings. The summed E-state index contributed by atoms with van der Waals surface area (Å²) in [6, 6.07) is 29.3. The van der Waals surface area contributed by atoms with E-state index in [-0.39, 0.29) is 120 Å². The lowest BCUT2D eigenvalue weighted by molar-refractivity contribution is -0.378. The van der Waals surface area contributed by atoms with Crippen LogP contribution in [0.1, 0.15) is 0 Å². The monoisotopic (exact) mass is 1030 g/mol. The Morgan fingerprint density at radius 1 is 0.171 bits per heavy atom. The number of hydrogen-bond acceptors (Lipinski definition) is 0. The van der Waals surface area contributed by atoms with E-state index in [1.165, 1.54) is 0 Å². The van der Waals surface area contributed by atoms with Crippen molar-refractivity contribution in [2.75, 3.05) is 0 Å². The zero-order chi connectivity index (χ0) is 21.2. The van der Waals surface area contributed by atoms with Gasteiger partial charge in [0.15, 0.2) is 62.0 Å². The number of H-pyrrole nitrogens is 5. The highest BCUT2D eigenvalue weighted by Crippen LogP contribution is 1.70. The maximum Gasteiger partial charge on any atom is 0.166 e. The number of rotatable bonds is 0. The molecule has 190 valence electrons. The third-order valence-corrected chi connectivity index (χ3v) is 3.04. The van der Waals surface area contributed by atoms with Crippen molar-refractivity contribution >= 4 is 0 Å². The molecule has 0 aliphatic heterocycles. The third-order valence-electron chi connectivity index (χ3n) is 3.04. The zero-order valence-corrected chi connectivity index (χ0v) is 29.6. The van der Waals surface area contributed by atoms with Crippen LogP contribution in [0.25, 0.3) is 0 Å². The maximum atomic E-state index is 2.89. The molecule has 10 heteroatoms. The Labute approximate surface area is 294 Å². The molecule has 0 unspecified atom stereocenters. The number of aromatic nitrogens is 5. The minimum Gasteiger partial charge on any atom is -1.00 e. The second-order valence-electron chi connectivity index (χ2n) is 5.39. The first-order valence-corrected chi connectivity index (χ1v) is 9.55. The van der Waals surface area contributed by atoms with Crippen molar-refractivity contribution in [3.05, 3.63) is 153 Å². The van der Waals surface area contributed by atoms with Gasteiger partial charge in [-0.05, 0) is 0 Å². The Morgan fingerprint density at radius 2 is 0.286 bits per heavy atom. The van der Waals surface area contributed by atoms with Crippen LogP contribution in [0, 0.1) is 0 Å². The molecule has 0 radical (unpaired) electrons. The lowest BCUT2D eigenvalue weighted by Crippen LogP contribution is -3.00. The lowest BCUT2D eigenvalue weighted by atomic mass is 10.5. The largest absolute Gasteiger partial charge is 1.00 e. The number of halogens is 5. The predicted octanol–water partition coefficient (Wildman–Crippen LogP) is -12.5. The Hall–Kier alpha value is -0.600. The van der Waals surface area contributed by atoms with E-state index in [9.17, 15) is 0 Å². The van der Waals surface area contributed by atoms with Crippen LogP contribution in [0.4, 0.5) is 0 Å². The van der Waals surface area contributed by atoms with Crippen LogP contribution < -0.4 is 145 Å². The smallest absolute Gasteiger partial charge is 0.166 e. The Kier molecular flexibility index (Phi) is 51.5. The highest BCUT2D eigenvalue weighted by atomic mass is 127. The van der Waals surface area contributed by atoms with Crippen molar-refractivity contribution in [1.82, 2.24) is 0 Å². The standard InChI is InChI=1S/5C5H5N.5HI/c5*1-2-4-6-5-3-1;;;;;/h5*1-5H;5*1H. The van der Waals surface area contributed by atoms with E-state index in [1.807, 2.05) is 153 Å². The Balaban J connectivity index is -0.000000103. The number of aromatic amines is 5. The van der Waals surface area contributed by atoms with Crippen LogP contribution in [-0.2, 0) is 0 Å². The molecule has 0 saturated heterocycles. The molecular formula is C25H30I5N5. The van der Waals surface area contributed by atoms with E-state index in [4.69, 9.17) is 0 Å². The molecule has 5 aromatic heterocycles. The molecule has 0 bridgehead atoms. The molecule has 0 saturated carbocycles. The van der Waals surface area contributed by atoms with Crippen molar-refractivity contribution in [1.29, 1.82) is 0 Å². The molecule has 5 N–H and O–H groups in total. The first kappa shape index (κ1) is 44.4. The van der Waals surface area contributed by atoms with Crippen molar-refractivity contribution < 1.29 is 145 Å². The fraction of sp³-hybridized carbons (Fsp3) is 0. The zero-order valence-electron chi connectivity index (χ0n) is 18.8. The number of pyridine rings is 5. The van der Waals surface area contributed by atoms with Gasteiger partial charge in [0, 0.05) is 60.7 Å². The summed E-state index contributed by atoms with van der Waals surface area (Å²) in [6.07, 6.45) is 18.8. The van der Waals surface area contributed by atoms with Gasteiger partial charge in [-0.15, -0.1) is 0 Å². The molecule has 0 aliphatic carbocycles. The predicted molar refractivity (Wildman–Crippen MR) is 115 cm³/mol. The van der Waals surface area contributed by atoms with Crippen molar-refractivity contribution in [3.63, 3.8) is 0 Å². The summed E-state index contributed by atoms with van der Waals surface area (Å²) >= 11 is 0. The molecule has 0 aromatic carbocycles. The van der Waals surface area contributed by atoms with Crippen molar-refractivity contribution in [2.45, 2.75) is 0 Å². The van der Waals surface area contributed by atoms with Gasteiger partial charge in [0.05, 0.1) is 0 Å². The molecule has 5 rings (SSSR count). The van der Waals surface area contributed by atoms with Crippen molar-refractivity contribution in [2.24, 2.45) is 0 Å². The maximum absolute atomic E-state index is 2.89. The summed E-state index contributed by atoms with van der Waals surface area (Å²) in [4.78, 5) is 14.5. The first-order chi connectivity index (χ1) is 15.0. The molecule has 5 heterocycles. The van der Waals surface area contributed by atoms with Crippen molar-refractivity contribution in [3.8, 4) is 0 Å². The molecule has 5 nitrogen and oxygen atoms in total. The second-order valence-corrected chi connectivity index (χ2v) is 5.39. The quantitative estimate of drug-likeness (QED) is 0.139. The van der Waals surface area contributed by atoms with E-state index in [0.29, 0.717) is 0 Å². The highest BCUT2D eigenvalue weighted by Gasteiger charge is 1.68. The summed E-state index contributed by atoms with van der Waals surface area (Å²) in [6.45, 7) is 0. The van der Waals surface area contributed by atoms with Crippen LogP contribution in [0.2, 0.25) is 0 Å². The van der Waals surface area contributed by atoms with Crippen LogP contribution in [0.3, 0.4) is 0 Å². The lowest BCUT2D eigenvalue weighted by Gasteiger charge is -1.63. The van der Waals surface area contributed by atoms with E-state index >= 15 is 0 Å². The van der Waals surface area contributed by atoms with Gasteiger partial charge in [-0.1, -0.05) is 30.3 Å². The fourth-order valence-electron chi connectivity index (χ4n) is 1.71.